The number of rotatable bonds is 7. The molecule has 4 aromatic rings. The zero-order chi connectivity index (χ0) is 23.3. The third kappa shape index (κ3) is 6.03. The number of alkyl halides is 3. The average molecular weight is 453 g/mol. The van der Waals surface area contributed by atoms with Crippen LogP contribution in [0.5, 0.6) is 17.2 Å². The first-order valence-corrected chi connectivity index (χ1v) is 9.69. The molecule has 1 aromatic heterocycles. The predicted octanol–water partition coefficient (Wildman–Crippen LogP) is 6.24. The number of nitrogen functional groups attached to an aromatic ring is 1. The number of para-hydroxylation sites is 1. The standard InChI is InChI=1S/C23H18F3N5O2/c24-23(25,26)33-19-12-8-16(9-13-19)31-22-20(27)21(28-14-29-22)30-15-6-10-18(11-7-15)32-17-4-2-1-3-5-17/h1-14H,27H2,(H2,28,29,30,31). The molecule has 0 aliphatic rings. The van der Waals surface area contributed by atoms with E-state index in [0.29, 0.717) is 23.1 Å². The van der Waals surface area contributed by atoms with E-state index in [1.165, 1.54) is 30.6 Å². The second kappa shape index (κ2) is 9.35. The molecule has 4 rings (SSSR count). The van der Waals surface area contributed by atoms with Gasteiger partial charge in [0.1, 0.15) is 29.3 Å². The number of hydrogen-bond donors (Lipinski definition) is 3. The van der Waals surface area contributed by atoms with Crippen molar-refractivity contribution < 1.29 is 22.6 Å². The topological polar surface area (TPSA) is 94.3 Å². The van der Waals surface area contributed by atoms with Crippen LogP contribution < -0.4 is 25.8 Å². The van der Waals surface area contributed by atoms with Gasteiger partial charge in [-0.15, -0.1) is 13.2 Å². The lowest BCUT2D eigenvalue weighted by molar-refractivity contribution is -0.274. The molecule has 0 atom stereocenters. The zero-order valence-electron chi connectivity index (χ0n) is 17.0. The summed E-state index contributed by atoms with van der Waals surface area (Å²) in [6.07, 6.45) is -3.44. The van der Waals surface area contributed by atoms with E-state index in [4.69, 9.17) is 10.5 Å². The number of anilines is 5. The first-order chi connectivity index (χ1) is 15.9. The molecule has 10 heteroatoms. The van der Waals surface area contributed by atoms with Crippen LogP contribution in [0.2, 0.25) is 0 Å². The number of aromatic nitrogens is 2. The number of halogens is 3. The smallest absolute Gasteiger partial charge is 0.457 e. The van der Waals surface area contributed by atoms with Crippen molar-refractivity contribution in [2.45, 2.75) is 6.36 Å². The molecule has 7 nitrogen and oxygen atoms in total. The van der Waals surface area contributed by atoms with Gasteiger partial charge in [-0.05, 0) is 60.7 Å². The van der Waals surface area contributed by atoms with E-state index in [2.05, 4.69) is 25.3 Å². The molecule has 0 saturated heterocycles. The Bertz CT molecular complexity index is 1200. The molecule has 0 saturated carbocycles. The second-order valence-corrected chi connectivity index (χ2v) is 6.75. The van der Waals surface area contributed by atoms with Crippen molar-refractivity contribution >= 4 is 28.7 Å². The van der Waals surface area contributed by atoms with Crippen molar-refractivity contribution in [1.82, 2.24) is 9.97 Å². The fraction of sp³-hybridized carbons (Fsp3) is 0.0435. The summed E-state index contributed by atoms with van der Waals surface area (Å²) in [5, 5.41) is 6.06. The highest BCUT2D eigenvalue weighted by molar-refractivity contribution is 5.80. The fourth-order valence-electron chi connectivity index (χ4n) is 2.84. The molecule has 0 unspecified atom stereocenters. The Morgan fingerprint density at radius 1 is 0.667 bits per heavy atom. The van der Waals surface area contributed by atoms with Crippen LogP contribution in [0.3, 0.4) is 0 Å². The van der Waals surface area contributed by atoms with Crippen LogP contribution in [0, 0.1) is 0 Å². The van der Waals surface area contributed by atoms with E-state index in [9.17, 15) is 13.2 Å². The summed E-state index contributed by atoms with van der Waals surface area (Å²) in [5.74, 6) is 1.72. The third-order valence-corrected chi connectivity index (χ3v) is 4.33. The zero-order valence-corrected chi connectivity index (χ0v) is 17.0. The van der Waals surface area contributed by atoms with Crippen LogP contribution in [0.25, 0.3) is 0 Å². The molecule has 1 heterocycles. The summed E-state index contributed by atoms with van der Waals surface area (Å²) < 4.78 is 46.5. The van der Waals surface area contributed by atoms with Gasteiger partial charge in [-0.2, -0.15) is 0 Å². The summed E-state index contributed by atoms with van der Waals surface area (Å²) >= 11 is 0. The quantitative estimate of drug-likeness (QED) is 0.305. The number of nitrogens with zero attached hydrogens (tertiary/aromatic N) is 2. The molecule has 0 fully saturated rings. The van der Waals surface area contributed by atoms with E-state index in [1.807, 2.05) is 42.5 Å². The molecule has 0 bridgehead atoms. The van der Waals surface area contributed by atoms with Crippen molar-refractivity contribution in [3.8, 4) is 17.2 Å². The second-order valence-electron chi connectivity index (χ2n) is 6.75. The Morgan fingerprint density at radius 2 is 1.15 bits per heavy atom. The van der Waals surface area contributed by atoms with Crippen LogP contribution in [-0.4, -0.2) is 16.3 Å². The normalized spacial score (nSPS) is 11.0. The predicted molar refractivity (Wildman–Crippen MR) is 119 cm³/mol. The SMILES string of the molecule is Nc1c(Nc2ccc(Oc3ccccc3)cc2)ncnc1Nc1ccc(OC(F)(F)F)cc1. The van der Waals surface area contributed by atoms with Gasteiger partial charge in [0.25, 0.3) is 0 Å². The van der Waals surface area contributed by atoms with E-state index in [-0.39, 0.29) is 11.4 Å². The number of ether oxygens (including phenoxy) is 2. The van der Waals surface area contributed by atoms with Crippen LogP contribution in [0.1, 0.15) is 0 Å². The van der Waals surface area contributed by atoms with Gasteiger partial charge >= 0.3 is 6.36 Å². The van der Waals surface area contributed by atoms with Crippen LogP contribution >= 0.6 is 0 Å². The Morgan fingerprint density at radius 3 is 1.67 bits per heavy atom. The minimum atomic E-state index is -4.75. The highest BCUT2D eigenvalue weighted by atomic mass is 19.4. The van der Waals surface area contributed by atoms with Gasteiger partial charge in [-0.25, -0.2) is 9.97 Å². The van der Waals surface area contributed by atoms with Crippen LogP contribution in [-0.2, 0) is 0 Å². The Hall–Kier alpha value is -4.47. The molecule has 4 N–H and O–H groups in total. The Kier molecular flexibility index (Phi) is 6.16. The molecule has 168 valence electrons. The monoisotopic (exact) mass is 453 g/mol. The van der Waals surface area contributed by atoms with E-state index >= 15 is 0 Å². The van der Waals surface area contributed by atoms with Gasteiger partial charge < -0.3 is 25.8 Å². The molecule has 0 aliphatic carbocycles. The van der Waals surface area contributed by atoms with Crippen molar-refractivity contribution in [3.05, 3.63) is 85.2 Å². The molecule has 33 heavy (non-hydrogen) atoms. The van der Waals surface area contributed by atoms with E-state index in [0.717, 1.165) is 11.4 Å². The Labute approximate surface area is 187 Å². The minimum absolute atomic E-state index is 0.234. The lowest BCUT2D eigenvalue weighted by Crippen LogP contribution is -2.17. The maximum Gasteiger partial charge on any atom is 0.573 e. The largest absolute Gasteiger partial charge is 0.573 e. The molecule has 0 spiro atoms. The Balaban J connectivity index is 1.43. The van der Waals surface area contributed by atoms with Gasteiger partial charge in [0.05, 0.1) is 0 Å². The number of nitrogens with one attached hydrogen (secondary N) is 2. The first kappa shape index (κ1) is 21.8. The summed E-state index contributed by atoms with van der Waals surface area (Å²) in [7, 11) is 0. The molecule has 0 aliphatic heterocycles. The van der Waals surface area contributed by atoms with Crippen molar-refractivity contribution in [2.75, 3.05) is 16.4 Å². The number of hydrogen-bond acceptors (Lipinski definition) is 7. The van der Waals surface area contributed by atoms with Gasteiger partial charge in [-0.1, -0.05) is 18.2 Å². The van der Waals surface area contributed by atoms with Gasteiger partial charge in [-0.3, -0.25) is 0 Å². The van der Waals surface area contributed by atoms with Crippen molar-refractivity contribution in [2.24, 2.45) is 0 Å². The first-order valence-electron chi connectivity index (χ1n) is 9.69. The molecule has 3 aromatic carbocycles. The summed E-state index contributed by atoms with van der Waals surface area (Å²) in [6, 6.07) is 21.8. The third-order valence-electron chi connectivity index (χ3n) is 4.33. The summed E-state index contributed by atoms with van der Waals surface area (Å²) in [4.78, 5) is 8.26. The summed E-state index contributed by atoms with van der Waals surface area (Å²) in [5.41, 5.74) is 7.61. The molecule has 0 radical (unpaired) electrons. The van der Waals surface area contributed by atoms with E-state index < -0.39 is 6.36 Å². The van der Waals surface area contributed by atoms with Crippen LogP contribution in [0.4, 0.5) is 41.9 Å². The van der Waals surface area contributed by atoms with Gasteiger partial charge in [0.15, 0.2) is 11.6 Å². The molecular weight excluding hydrogens is 435 g/mol. The maximum absolute atomic E-state index is 12.3. The van der Waals surface area contributed by atoms with Gasteiger partial charge in [0.2, 0.25) is 0 Å². The summed E-state index contributed by atoms with van der Waals surface area (Å²) in [6.45, 7) is 0. The highest BCUT2D eigenvalue weighted by Gasteiger charge is 2.30. The number of nitrogens with two attached hydrogens (primary N) is 1. The lowest BCUT2D eigenvalue weighted by atomic mass is 10.2. The lowest BCUT2D eigenvalue weighted by Gasteiger charge is -2.14. The maximum atomic E-state index is 12.3. The van der Waals surface area contributed by atoms with Crippen molar-refractivity contribution in [3.63, 3.8) is 0 Å². The number of benzene rings is 3. The molecular formula is C23H18F3N5O2. The van der Waals surface area contributed by atoms with Gasteiger partial charge in [0, 0.05) is 11.4 Å². The minimum Gasteiger partial charge on any atom is -0.457 e. The fourth-order valence-corrected chi connectivity index (χ4v) is 2.84. The average Bonchev–Trinajstić information content (AvgIpc) is 2.79. The van der Waals surface area contributed by atoms with E-state index in [1.54, 1.807) is 12.1 Å². The highest BCUT2D eigenvalue weighted by Crippen LogP contribution is 2.30. The molecule has 0 amide bonds. The van der Waals surface area contributed by atoms with Crippen LogP contribution in [0.15, 0.2) is 85.2 Å². The van der Waals surface area contributed by atoms with Crippen molar-refractivity contribution in [1.29, 1.82) is 0 Å².